The molecule has 1 aromatic carbocycles. The highest BCUT2D eigenvalue weighted by Gasteiger charge is 2.30. The van der Waals surface area contributed by atoms with Crippen LogP contribution in [-0.2, 0) is 10.9 Å². The molecule has 3 nitrogen and oxygen atoms in total. The van der Waals surface area contributed by atoms with Crippen LogP contribution in [0, 0.1) is 5.92 Å². The lowest BCUT2D eigenvalue weighted by molar-refractivity contribution is -0.137. The molecule has 1 aliphatic carbocycles. The number of Topliss-reactive ketones (excluding diaryl/α,β-unsaturated/α-hetero) is 1. The first-order chi connectivity index (χ1) is 14.3. The summed E-state index contributed by atoms with van der Waals surface area (Å²) in [7, 11) is 0. The standard InChI is InChI=1S/C24H28F3NO2/c1-17-8-10-19(23-16-28-12-13-30-23)11-9-18(14-17)4-2-7-22(29)20-5-3-6-21(15-20)24(25,26)27/h3,5-6,9-11,14-15,17,23,28H,2,4,7-8,12-13,16H2,1H3. The summed E-state index contributed by atoms with van der Waals surface area (Å²) in [5.41, 5.74) is 1.65. The van der Waals surface area contributed by atoms with Crippen LogP contribution < -0.4 is 5.32 Å². The highest BCUT2D eigenvalue weighted by atomic mass is 19.4. The molecule has 1 N–H and O–H groups in total. The van der Waals surface area contributed by atoms with E-state index in [1.165, 1.54) is 17.7 Å². The molecule has 162 valence electrons. The van der Waals surface area contributed by atoms with Crippen LogP contribution in [0.5, 0.6) is 0 Å². The maximum Gasteiger partial charge on any atom is 0.416 e. The minimum absolute atomic E-state index is 0.0593. The van der Waals surface area contributed by atoms with Gasteiger partial charge in [-0.1, -0.05) is 48.9 Å². The third kappa shape index (κ3) is 6.41. The van der Waals surface area contributed by atoms with Crippen molar-refractivity contribution >= 4 is 5.78 Å². The molecule has 0 bridgehead atoms. The normalized spacial score (nSPS) is 22.7. The number of ether oxygens (including phenoxy) is 1. The van der Waals surface area contributed by atoms with Gasteiger partial charge in [0.05, 0.1) is 18.3 Å². The topological polar surface area (TPSA) is 38.3 Å². The number of carbonyl (C=O) groups is 1. The third-order valence-corrected chi connectivity index (χ3v) is 5.39. The second kappa shape index (κ2) is 10.2. The molecule has 2 atom stereocenters. The number of benzene rings is 1. The van der Waals surface area contributed by atoms with Gasteiger partial charge >= 0.3 is 6.18 Å². The number of ketones is 1. The van der Waals surface area contributed by atoms with Crippen molar-refractivity contribution < 1.29 is 22.7 Å². The lowest BCUT2D eigenvalue weighted by Gasteiger charge is -2.25. The van der Waals surface area contributed by atoms with Crippen LogP contribution in [-0.4, -0.2) is 31.6 Å². The number of halogens is 3. The summed E-state index contributed by atoms with van der Waals surface area (Å²) >= 11 is 0. The van der Waals surface area contributed by atoms with Crippen molar-refractivity contribution in [3.63, 3.8) is 0 Å². The largest absolute Gasteiger partial charge is 0.416 e. The Labute approximate surface area is 175 Å². The van der Waals surface area contributed by atoms with Crippen LogP contribution in [0.25, 0.3) is 0 Å². The van der Waals surface area contributed by atoms with Crippen molar-refractivity contribution in [3.8, 4) is 0 Å². The summed E-state index contributed by atoms with van der Waals surface area (Å²) in [6.07, 6.45) is 6.67. The quantitative estimate of drug-likeness (QED) is 0.619. The summed E-state index contributed by atoms with van der Waals surface area (Å²) in [6, 6.07) is 4.66. The second-order valence-electron chi connectivity index (χ2n) is 7.91. The van der Waals surface area contributed by atoms with Crippen molar-refractivity contribution in [3.05, 3.63) is 70.8 Å². The number of allylic oxidation sites excluding steroid dienone is 4. The molecule has 0 amide bonds. The van der Waals surface area contributed by atoms with Gasteiger partial charge in [0.2, 0.25) is 0 Å². The van der Waals surface area contributed by atoms with Crippen molar-refractivity contribution in [1.82, 2.24) is 5.32 Å². The van der Waals surface area contributed by atoms with E-state index in [1.807, 2.05) is 0 Å². The van der Waals surface area contributed by atoms with E-state index in [9.17, 15) is 18.0 Å². The van der Waals surface area contributed by atoms with Gasteiger partial charge in [0.1, 0.15) is 0 Å². The Morgan fingerprint density at radius 3 is 2.83 bits per heavy atom. The number of morpholine rings is 1. The van der Waals surface area contributed by atoms with Gasteiger partial charge in [-0.05, 0) is 42.9 Å². The highest BCUT2D eigenvalue weighted by molar-refractivity contribution is 5.96. The van der Waals surface area contributed by atoms with Crippen LogP contribution in [0.3, 0.4) is 0 Å². The van der Waals surface area contributed by atoms with Gasteiger partial charge in [0.15, 0.2) is 5.78 Å². The van der Waals surface area contributed by atoms with Crippen molar-refractivity contribution in [2.45, 2.75) is 44.9 Å². The maximum absolute atomic E-state index is 12.9. The lowest BCUT2D eigenvalue weighted by atomic mass is 9.93. The molecule has 0 radical (unpaired) electrons. The first-order valence-corrected chi connectivity index (χ1v) is 10.4. The lowest BCUT2D eigenvalue weighted by Crippen LogP contribution is -2.39. The number of rotatable bonds is 6. The predicted molar refractivity (Wildman–Crippen MR) is 111 cm³/mol. The predicted octanol–water partition coefficient (Wildman–Crippen LogP) is 5.50. The average molecular weight is 419 g/mol. The Balaban J connectivity index is 1.58. The Bertz CT molecular complexity index is 833. The number of nitrogens with one attached hydrogen (secondary N) is 1. The minimum Gasteiger partial charge on any atom is -0.371 e. The molecule has 2 unspecified atom stereocenters. The van der Waals surface area contributed by atoms with E-state index in [2.05, 4.69) is 36.5 Å². The van der Waals surface area contributed by atoms with Gasteiger partial charge in [-0.25, -0.2) is 0 Å². The zero-order chi connectivity index (χ0) is 21.6. The number of hydrogen-bond donors (Lipinski definition) is 1. The van der Waals surface area contributed by atoms with Gasteiger partial charge in [0, 0.05) is 25.1 Å². The fraction of sp³-hybridized carbons (Fsp3) is 0.458. The molecule has 1 aliphatic heterocycles. The van der Waals surface area contributed by atoms with Gasteiger partial charge in [0.25, 0.3) is 0 Å². The molecular formula is C24H28F3NO2. The Hall–Kier alpha value is -2.18. The smallest absolute Gasteiger partial charge is 0.371 e. The van der Waals surface area contributed by atoms with Gasteiger partial charge < -0.3 is 10.1 Å². The monoisotopic (exact) mass is 419 g/mol. The van der Waals surface area contributed by atoms with Crippen LogP contribution in [0.1, 0.15) is 48.5 Å². The molecule has 0 spiro atoms. The highest BCUT2D eigenvalue weighted by Crippen LogP contribution is 2.30. The molecule has 1 heterocycles. The second-order valence-corrected chi connectivity index (χ2v) is 7.91. The minimum atomic E-state index is -4.44. The first kappa shape index (κ1) is 22.5. The number of carbonyl (C=O) groups excluding carboxylic acids is 1. The van der Waals surface area contributed by atoms with E-state index in [0.29, 0.717) is 25.4 Å². The van der Waals surface area contributed by atoms with E-state index >= 15 is 0 Å². The van der Waals surface area contributed by atoms with Crippen LogP contribution in [0.15, 0.2) is 59.7 Å². The molecule has 1 fully saturated rings. The van der Waals surface area contributed by atoms with Crippen molar-refractivity contribution in [1.29, 1.82) is 0 Å². The molecule has 2 aliphatic rings. The summed E-state index contributed by atoms with van der Waals surface area (Å²) in [5, 5.41) is 3.34. The zero-order valence-corrected chi connectivity index (χ0v) is 17.2. The molecule has 6 heteroatoms. The average Bonchev–Trinajstić information content (AvgIpc) is 2.72. The Morgan fingerprint density at radius 1 is 1.27 bits per heavy atom. The molecule has 0 aromatic heterocycles. The fourth-order valence-corrected chi connectivity index (χ4v) is 3.73. The fourth-order valence-electron chi connectivity index (χ4n) is 3.73. The molecule has 0 saturated carbocycles. The molecule has 1 aromatic rings. The van der Waals surface area contributed by atoms with Crippen LogP contribution in [0.4, 0.5) is 13.2 Å². The molecule has 3 rings (SSSR count). The van der Waals surface area contributed by atoms with E-state index < -0.39 is 11.7 Å². The Kier molecular flexibility index (Phi) is 7.67. The third-order valence-electron chi connectivity index (χ3n) is 5.39. The summed E-state index contributed by atoms with van der Waals surface area (Å²) in [5.74, 6) is 0.113. The maximum atomic E-state index is 12.9. The summed E-state index contributed by atoms with van der Waals surface area (Å²) in [6.45, 7) is 4.52. The Morgan fingerprint density at radius 2 is 2.10 bits per heavy atom. The van der Waals surface area contributed by atoms with E-state index in [1.54, 1.807) is 0 Å². The van der Waals surface area contributed by atoms with Gasteiger partial charge in [-0.3, -0.25) is 4.79 Å². The number of hydrogen-bond acceptors (Lipinski definition) is 3. The van der Waals surface area contributed by atoms with Crippen LogP contribution in [0.2, 0.25) is 0 Å². The SMILES string of the molecule is CC1C=C(CCCC(=O)c2cccc(C(F)(F)F)c2)C=CC(C2CNCCO2)=CC1. The van der Waals surface area contributed by atoms with Gasteiger partial charge in [-0.15, -0.1) is 0 Å². The molecular weight excluding hydrogens is 391 g/mol. The summed E-state index contributed by atoms with van der Waals surface area (Å²) in [4.78, 5) is 12.4. The van der Waals surface area contributed by atoms with Gasteiger partial charge in [-0.2, -0.15) is 13.2 Å². The van der Waals surface area contributed by atoms with E-state index in [-0.39, 0.29) is 23.9 Å². The van der Waals surface area contributed by atoms with Crippen molar-refractivity contribution in [2.75, 3.05) is 19.7 Å². The molecule has 30 heavy (non-hydrogen) atoms. The van der Waals surface area contributed by atoms with E-state index in [4.69, 9.17) is 4.74 Å². The van der Waals surface area contributed by atoms with Crippen LogP contribution >= 0.6 is 0 Å². The summed E-state index contributed by atoms with van der Waals surface area (Å²) < 4.78 is 44.4. The first-order valence-electron chi connectivity index (χ1n) is 10.4. The number of alkyl halides is 3. The zero-order valence-electron chi connectivity index (χ0n) is 17.2. The molecule has 1 saturated heterocycles. The van der Waals surface area contributed by atoms with E-state index in [0.717, 1.165) is 37.2 Å². The van der Waals surface area contributed by atoms with Crippen molar-refractivity contribution in [2.24, 2.45) is 5.92 Å².